The minimum Gasteiger partial charge on any atom is -0.362 e. The Labute approximate surface area is 209 Å². The van der Waals surface area contributed by atoms with Crippen LogP contribution in [0.1, 0.15) is 37.4 Å². The summed E-state index contributed by atoms with van der Waals surface area (Å²) in [5.41, 5.74) is 4.09. The highest BCUT2D eigenvalue weighted by Gasteiger charge is 2.26. The van der Waals surface area contributed by atoms with E-state index in [1.807, 2.05) is 24.3 Å². The van der Waals surface area contributed by atoms with Gasteiger partial charge in [0.15, 0.2) is 9.84 Å². The lowest BCUT2D eigenvalue weighted by molar-refractivity contribution is -0.121. The molecule has 0 unspecified atom stereocenters. The number of nitrogens with zero attached hydrogens (tertiary/aromatic N) is 4. The quantitative estimate of drug-likeness (QED) is 0.350. The number of hydrogen-bond acceptors (Lipinski definition) is 7. The number of aromatic amines is 1. The van der Waals surface area contributed by atoms with Gasteiger partial charge in [0.1, 0.15) is 24.3 Å². The Morgan fingerprint density at radius 2 is 2.06 bits per heavy atom. The number of aryl methyl sites for hydroxylation is 1. The third-order valence-electron chi connectivity index (χ3n) is 6.56. The van der Waals surface area contributed by atoms with E-state index in [0.717, 1.165) is 34.2 Å². The average molecular weight is 508 g/mol. The number of likely N-dealkylation sites (N-methyl/N-ethyl adjacent to an activating group) is 1. The van der Waals surface area contributed by atoms with Gasteiger partial charge in [-0.2, -0.15) is 5.10 Å². The summed E-state index contributed by atoms with van der Waals surface area (Å²) in [7, 11) is -1.67. The van der Waals surface area contributed by atoms with Gasteiger partial charge in [0.25, 0.3) is 0 Å². The first kappa shape index (κ1) is 24.0. The molecule has 1 amide bonds. The molecule has 3 aromatic heterocycles. The van der Waals surface area contributed by atoms with Crippen molar-refractivity contribution in [3.8, 4) is 11.3 Å². The molecule has 4 heterocycles. The molecule has 0 spiro atoms. The van der Waals surface area contributed by atoms with Crippen LogP contribution in [0, 0.1) is 5.92 Å². The Bertz CT molecular complexity index is 1540. The number of fused-ring (bicyclic) bond motifs is 2. The molecule has 0 saturated heterocycles. The molecule has 1 aromatic carbocycles. The van der Waals surface area contributed by atoms with Crippen molar-refractivity contribution in [2.75, 3.05) is 18.1 Å². The Balaban J connectivity index is 1.47. The number of aromatic nitrogens is 5. The average Bonchev–Trinajstić information content (AvgIpc) is 3.49. The smallest absolute Gasteiger partial charge is 0.241 e. The van der Waals surface area contributed by atoms with Crippen LogP contribution in [0.25, 0.3) is 22.3 Å². The lowest BCUT2D eigenvalue weighted by atomic mass is 9.94. The molecular formula is C25H29N7O3S. The molecule has 1 atom stereocenters. The lowest BCUT2D eigenvalue weighted by Crippen LogP contribution is -2.23. The minimum atomic E-state index is -3.26. The van der Waals surface area contributed by atoms with E-state index in [1.165, 1.54) is 6.33 Å². The number of carbonyl (C=O) groups is 1. The number of carbonyl (C=O) groups excluding carboxylic acids is 1. The van der Waals surface area contributed by atoms with Gasteiger partial charge in [-0.1, -0.05) is 26.0 Å². The molecule has 0 fully saturated rings. The van der Waals surface area contributed by atoms with Crippen LogP contribution in [0.2, 0.25) is 0 Å². The summed E-state index contributed by atoms with van der Waals surface area (Å²) in [5.74, 6) is 0.885. The maximum absolute atomic E-state index is 12.7. The fourth-order valence-electron chi connectivity index (χ4n) is 4.63. The van der Waals surface area contributed by atoms with E-state index in [-0.39, 0.29) is 30.2 Å². The number of anilines is 1. The summed E-state index contributed by atoms with van der Waals surface area (Å²) >= 11 is 0. The first-order valence-corrected chi connectivity index (χ1v) is 13.6. The number of H-pyrrole nitrogens is 1. The van der Waals surface area contributed by atoms with Crippen LogP contribution in [0.4, 0.5) is 5.82 Å². The number of benzene rings is 1. The molecule has 4 aromatic rings. The fourth-order valence-corrected chi connectivity index (χ4v) is 6.26. The van der Waals surface area contributed by atoms with Gasteiger partial charge < -0.3 is 15.6 Å². The van der Waals surface area contributed by atoms with Crippen LogP contribution in [0.5, 0.6) is 0 Å². The lowest BCUT2D eigenvalue weighted by Gasteiger charge is -2.26. The van der Waals surface area contributed by atoms with E-state index < -0.39 is 9.84 Å². The van der Waals surface area contributed by atoms with E-state index in [9.17, 15) is 13.2 Å². The molecule has 1 aliphatic rings. The molecule has 36 heavy (non-hydrogen) atoms. The van der Waals surface area contributed by atoms with Crippen molar-refractivity contribution in [2.45, 2.75) is 44.2 Å². The number of amides is 1. The maximum Gasteiger partial charge on any atom is 0.241 e. The fraction of sp³-hybridized carbons (Fsp3) is 0.360. The summed E-state index contributed by atoms with van der Waals surface area (Å²) in [5, 5.41) is 11.2. The van der Waals surface area contributed by atoms with Crippen molar-refractivity contribution in [2.24, 2.45) is 5.92 Å². The second-order valence-electron chi connectivity index (χ2n) is 9.42. The highest BCUT2D eigenvalue weighted by Crippen LogP contribution is 2.34. The van der Waals surface area contributed by atoms with E-state index in [0.29, 0.717) is 22.8 Å². The van der Waals surface area contributed by atoms with Crippen LogP contribution in [0.3, 0.4) is 0 Å². The molecule has 0 saturated carbocycles. The highest BCUT2D eigenvalue weighted by atomic mass is 32.2. The third-order valence-corrected chi connectivity index (χ3v) is 8.43. The first-order valence-electron chi connectivity index (χ1n) is 11.9. The molecular weight excluding hydrogens is 478 g/mol. The molecule has 11 heteroatoms. The van der Waals surface area contributed by atoms with Gasteiger partial charge in [0.2, 0.25) is 5.91 Å². The zero-order valence-corrected chi connectivity index (χ0v) is 21.3. The predicted molar refractivity (Wildman–Crippen MR) is 137 cm³/mol. The van der Waals surface area contributed by atoms with Crippen LogP contribution in [-0.4, -0.2) is 51.9 Å². The number of sulfone groups is 1. The summed E-state index contributed by atoms with van der Waals surface area (Å²) < 4.78 is 27.0. The largest absolute Gasteiger partial charge is 0.362 e. The summed E-state index contributed by atoms with van der Waals surface area (Å²) in [4.78, 5) is 24.3. The summed E-state index contributed by atoms with van der Waals surface area (Å²) in [6.07, 6.45) is 6.44. The number of hydrogen-bond donors (Lipinski definition) is 3. The van der Waals surface area contributed by atoms with Gasteiger partial charge in [-0.3, -0.25) is 9.48 Å². The topological polar surface area (TPSA) is 135 Å². The van der Waals surface area contributed by atoms with Crippen LogP contribution >= 0.6 is 0 Å². The van der Waals surface area contributed by atoms with Gasteiger partial charge in [0.05, 0.1) is 34.0 Å². The number of nitrogens with one attached hydrogen (secondary N) is 3. The van der Waals surface area contributed by atoms with Crippen LogP contribution in [-0.2, 0) is 27.6 Å². The van der Waals surface area contributed by atoms with Crippen molar-refractivity contribution in [3.63, 3.8) is 0 Å². The molecule has 1 aliphatic heterocycles. The summed E-state index contributed by atoms with van der Waals surface area (Å²) in [6.45, 7) is 4.32. The van der Waals surface area contributed by atoms with Crippen molar-refractivity contribution in [3.05, 3.63) is 54.1 Å². The molecule has 188 valence electrons. The molecule has 0 radical (unpaired) electrons. The van der Waals surface area contributed by atoms with E-state index in [1.54, 1.807) is 24.1 Å². The van der Waals surface area contributed by atoms with Crippen molar-refractivity contribution in [1.82, 2.24) is 30.0 Å². The van der Waals surface area contributed by atoms with E-state index in [2.05, 4.69) is 44.5 Å². The Hall–Kier alpha value is -3.73. The second kappa shape index (κ2) is 9.38. The van der Waals surface area contributed by atoms with Crippen LogP contribution in [0.15, 0.2) is 47.9 Å². The van der Waals surface area contributed by atoms with Gasteiger partial charge in [-0.25, -0.2) is 18.4 Å². The molecule has 10 nitrogen and oxygen atoms in total. The van der Waals surface area contributed by atoms with E-state index in [4.69, 9.17) is 0 Å². The highest BCUT2D eigenvalue weighted by molar-refractivity contribution is 7.91. The maximum atomic E-state index is 12.7. The SMILES string of the molecule is CNC(=O)Cn1cc(-c2cc3c(N[C@H](c4ccc5c(c4)S(=O)(=O)CCC5)C(C)C)ncnc3[nH]2)cn1. The monoisotopic (exact) mass is 507 g/mol. The zero-order valence-electron chi connectivity index (χ0n) is 20.4. The van der Waals surface area contributed by atoms with Gasteiger partial charge in [-0.05, 0) is 42.0 Å². The van der Waals surface area contributed by atoms with Gasteiger partial charge >= 0.3 is 0 Å². The van der Waals surface area contributed by atoms with Crippen molar-refractivity contribution < 1.29 is 13.2 Å². The summed E-state index contributed by atoms with van der Waals surface area (Å²) in [6, 6.07) is 7.58. The molecule has 5 rings (SSSR count). The Morgan fingerprint density at radius 1 is 1.22 bits per heavy atom. The van der Waals surface area contributed by atoms with Crippen LogP contribution < -0.4 is 10.6 Å². The zero-order chi connectivity index (χ0) is 25.4. The molecule has 0 bridgehead atoms. The minimum absolute atomic E-state index is 0.131. The van der Waals surface area contributed by atoms with Crippen molar-refractivity contribution in [1.29, 1.82) is 0 Å². The standard InChI is InChI=1S/C25H29N7O3S/c1-15(2)23(17-7-6-16-5-4-8-36(34,35)21(16)9-17)31-25-19-10-20(30-24(19)27-14-28-25)18-11-29-32(12-18)13-22(33)26-3/h6-7,9-12,14-15,23H,4-5,8,13H2,1-3H3,(H,26,33)(H2,27,28,30,31)/t23-/m0/s1. The molecule has 0 aliphatic carbocycles. The Morgan fingerprint density at radius 3 is 2.83 bits per heavy atom. The van der Waals surface area contributed by atoms with Crippen molar-refractivity contribution >= 4 is 32.6 Å². The van der Waals surface area contributed by atoms with Gasteiger partial charge in [0, 0.05) is 18.8 Å². The second-order valence-corrected chi connectivity index (χ2v) is 11.5. The first-order chi connectivity index (χ1) is 17.2. The predicted octanol–water partition coefficient (Wildman–Crippen LogP) is 3.10. The third kappa shape index (κ3) is 4.58. The molecule has 3 N–H and O–H groups in total. The number of rotatable bonds is 7. The van der Waals surface area contributed by atoms with Gasteiger partial charge in [-0.15, -0.1) is 0 Å². The Kier molecular flexibility index (Phi) is 6.25. The normalized spacial score (nSPS) is 15.6. The van der Waals surface area contributed by atoms with E-state index >= 15 is 0 Å².